The zero-order chi connectivity index (χ0) is 14.0. The van der Waals surface area contributed by atoms with E-state index in [9.17, 15) is 8.78 Å². The first-order valence-electron chi connectivity index (χ1n) is 6.99. The predicted molar refractivity (Wildman–Crippen MR) is 75.0 cm³/mol. The first-order valence-corrected chi connectivity index (χ1v) is 6.99. The highest BCUT2D eigenvalue weighted by atomic mass is 19.3. The van der Waals surface area contributed by atoms with Crippen LogP contribution in [0.25, 0.3) is 0 Å². The molecule has 0 atom stereocenters. The number of fused-ring (bicyclic) bond motifs is 1. The van der Waals surface area contributed by atoms with E-state index in [1.54, 1.807) is 0 Å². The molecular weight excluding hydrogens is 244 g/mol. The second-order valence-corrected chi connectivity index (χ2v) is 6.43. The Morgan fingerprint density at radius 2 is 1.74 bits per heavy atom. The summed E-state index contributed by atoms with van der Waals surface area (Å²) in [6.07, 6.45) is -0.468. The minimum atomic E-state index is -2.23. The predicted octanol–water partition coefficient (Wildman–Crippen LogP) is 3.65. The monoisotopic (exact) mass is 267 g/mol. The molecular formula is C16H23F2N. The van der Waals surface area contributed by atoms with E-state index in [-0.39, 0.29) is 12.0 Å². The van der Waals surface area contributed by atoms with Crippen molar-refractivity contribution in [2.24, 2.45) is 0 Å². The van der Waals surface area contributed by atoms with Crippen LogP contribution in [0.15, 0.2) is 18.2 Å². The fourth-order valence-electron chi connectivity index (χ4n) is 2.62. The van der Waals surface area contributed by atoms with E-state index < -0.39 is 6.43 Å². The number of halogens is 2. The summed E-state index contributed by atoms with van der Waals surface area (Å²) in [6, 6.07) is 6.63. The van der Waals surface area contributed by atoms with E-state index in [1.807, 2.05) is 4.90 Å². The van der Waals surface area contributed by atoms with Crippen molar-refractivity contribution in [2.45, 2.75) is 45.5 Å². The van der Waals surface area contributed by atoms with Crippen LogP contribution in [0.3, 0.4) is 0 Å². The zero-order valence-electron chi connectivity index (χ0n) is 12.0. The molecule has 1 nitrogen and oxygen atoms in total. The van der Waals surface area contributed by atoms with Crippen LogP contribution in [0.5, 0.6) is 0 Å². The zero-order valence-corrected chi connectivity index (χ0v) is 12.0. The molecule has 1 aromatic carbocycles. The Morgan fingerprint density at radius 3 is 2.32 bits per heavy atom. The average molecular weight is 267 g/mol. The van der Waals surface area contributed by atoms with Gasteiger partial charge in [0.2, 0.25) is 0 Å². The van der Waals surface area contributed by atoms with Crippen molar-refractivity contribution in [3.05, 3.63) is 34.9 Å². The van der Waals surface area contributed by atoms with Gasteiger partial charge in [0, 0.05) is 13.1 Å². The topological polar surface area (TPSA) is 3.24 Å². The molecule has 0 spiro atoms. The third-order valence-corrected chi connectivity index (χ3v) is 3.86. The Balaban J connectivity index is 2.14. The van der Waals surface area contributed by atoms with Crippen molar-refractivity contribution in [2.75, 3.05) is 19.6 Å². The van der Waals surface area contributed by atoms with Crippen LogP contribution < -0.4 is 0 Å². The molecule has 0 unspecified atom stereocenters. The molecule has 106 valence electrons. The van der Waals surface area contributed by atoms with Gasteiger partial charge in [0.25, 0.3) is 6.43 Å². The summed E-state index contributed by atoms with van der Waals surface area (Å²) in [5, 5.41) is 0. The van der Waals surface area contributed by atoms with Crippen molar-refractivity contribution in [1.82, 2.24) is 4.90 Å². The number of rotatable bonds is 2. The van der Waals surface area contributed by atoms with E-state index in [0.717, 1.165) is 25.9 Å². The fourth-order valence-corrected chi connectivity index (χ4v) is 2.62. The molecule has 0 saturated heterocycles. The fraction of sp³-hybridized carbons (Fsp3) is 0.625. The lowest BCUT2D eigenvalue weighted by atomic mass is 9.84. The van der Waals surface area contributed by atoms with Crippen molar-refractivity contribution in [1.29, 1.82) is 0 Å². The van der Waals surface area contributed by atoms with E-state index in [4.69, 9.17) is 0 Å². The highest BCUT2D eigenvalue weighted by Crippen LogP contribution is 2.26. The van der Waals surface area contributed by atoms with Gasteiger partial charge in [0.1, 0.15) is 0 Å². The summed E-state index contributed by atoms with van der Waals surface area (Å²) in [4.78, 5) is 1.88. The number of alkyl halides is 2. The van der Waals surface area contributed by atoms with Crippen LogP contribution in [0, 0.1) is 0 Å². The van der Waals surface area contributed by atoms with Crippen molar-refractivity contribution in [3.8, 4) is 0 Å². The van der Waals surface area contributed by atoms with Gasteiger partial charge in [0.15, 0.2) is 0 Å². The summed E-state index contributed by atoms with van der Waals surface area (Å²) in [6.45, 7) is 7.99. The summed E-state index contributed by atoms with van der Waals surface area (Å²) < 4.78 is 24.9. The second-order valence-electron chi connectivity index (χ2n) is 6.43. The molecule has 0 aromatic heterocycles. The third-order valence-electron chi connectivity index (χ3n) is 3.86. The number of hydrogen-bond acceptors (Lipinski definition) is 1. The van der Waals surface area contributed by atoms with Crippen LogP contribution in [0.4, 0.5) is 8.78 Å². The molecule has 0 radical (unpaired) electrons. The molecule has 2 rings (SSSR count). The second kappa shape index (κ2) is 5.58. The van der Waals surface area contributed by atoms with Gasteiger partial charge in [-0.15, -0.1) is 0 Å². The van der Waals surface area contributed by atoms with Crippen LogP contribution in [-0.2, 0) is 18.3 Å². The minimum Gasteiger partial charge on any atom is -0.297 e. The first-order chi connectivity index (χ1) is 8.86. The molecule has 1 aliphatic rings. The summed E-state index contributed by atoms with van der Waals surface area (Å²) in [7, 11) is 0. The van der Waals surface area contributed by atoms with Crippen molar-refractivity contribution < 1.29 is 8.78 Å². The Morgan fingerprint density at radius 1 is 1.11 bits per heavy atom. The molecule has 19 heavy (non-hydrogen) atoms. The third kappa shape index (κ3) is 3.75. The molecule has 1 aromatic rings. The minimum absolute atomic E-state index is 0.0971. The molecule has 1 heterocycles. The lowest BCUT2D eigenvalue weighted by molar-refractivity contribution is 0.0904. The Bertz CT molecular complexity index is 435. The van der Waals surface area contributed by atoms with Crippen LogP contribution in [0.1, 0.15) is 37.5 Å². The normalized spacial score (nSPS) is 17.4. The van der Waals surface area contributed by atoms with Gasteiger partial charge in [0.05, 0.1) is 6.54 Å². The standard InChI is InChI=1S/C16H23F2N/c1-16(2,3)14-5-4-12-6-8-19(11-15(17)18)9-7-13(12)10-14/h4-5,10,15H,6-9,11H2,1-3H3. The van der Waals surface area contributed by atoms with Crippen molar-refractivity contribution in [3.63, 3.8) is 0 Å². The lowest BCUT2D eigenvalue weighted by Gasteiger charge is -2.21. The van der Waals surface area contributed by atoms with Crippen LogP contribution in [0.2, 0.25) is 0 Å². The molecule has 0 N–H and O–H groups in total. The van der Waals surface area contributed by atoms with E-state index >= 15 is 0 Å². The first kappa shape index (κ1) is 14.4. The van der Waals surface area contributed by atoms with Gasteiger partial charge in [-0.05, 0) is 34.9 Å². The van der Waals surface area contributed by atoms with Crippen LogP contribution >= 0.6 is 0 Å². The van der Waals surface area contributed by atoms with Gasteiger partial charge >= 0.3 is 0 Å². The van der Waals surface area contributed by atoms with Gasteiger partial charge in [-0.1, -0.05) is 39.0 Å². The maximum atomic E-state index is 12.5. The molecule has 0 bridgehead atoms. The van der Waals surface area contributed by atoms with E-state index in [0.29, 0.717) is 0 Å². The summed E-state index contributed by atoms with van der Waals surface area (Å²) >= 11 is 0. The summed E-state index contributed by atoms with van der Waals surface area (Å²) in [5.74, 6) is 0. The molecule has 0 fully saturated rings. The van der Waals surface area contributed by atoms with Gasteiger partial charge in [-0.25, -0.2) is 8.78 Å². The maximum Gasteiger partial charge on any atom is 0.251 e. The Labute approximate surface area is 114 Å². The Hall–Kier alpha value is -0.960. The molecule has 0 saturated carbocycles. The highest BCUT2D eigenvalue weighted by molar-refractivity contribution is 5.36. The van der Waals surface area contributed by atoms with Gasteiger partial charge in [-0.3, -0.25) is 4.90 Å². The van der Waals surface area contributed by atoms with Crippen LogP contribution in [-0.4, -0.2) is 31.0 Å². The van der Waals surface area contributed by atoms with E-state index in [1.165, 1.54) is 16.7 Å². The van der Waals surface area contributed by atoms with E-state index in [2.05, 4.69) is 39.0 Å². The molecule has 3 heteroatoms. The summed E-state index contributed by atoms with van der Waals surface area (Å²) in [5.41, 5.74) is 4.13. The maximum absolute atomic E-state index is 12.5. The number of hydrogen-bond donors (Lipinski definition) is 0. The Kier molecular flexibility index (Phi) is 4.24. The smallest absolute Gasteiger partial charge is 0.251 e. The number of benzene rings is 1. The van der Waals surface area contributed by atoms with Gasteiger partial charge in [-0.2, -0.15) is 0 Å². The largest absolute Gasteiger partial charge is 0.297 e. The number of nitrogens with zero attached hydrogens (tertiary/aromatic N) is 1. The van der Waals surface area contributed by atoms with Crippen molar-refractivity contribution >= 4 is 0 Å². The molecule has 0 aliphatic carbocycles. The average Bonchev–Trinajstić information content (AvgIpc) is 2.49. The SMILES string of the molecule is CC(C)(C)c1ccc2c(c1)CCN(CC(F)F)CC2. The molecule has 0 amide bonds. The van der Waals surface area contributed by atoms with Gasteiger partial charge < -0.3 is 0 Å². The highest BCUT2D eigenvalue weighted by Gasteiger charge is 2.19. The molecule has 1 aliphatic heterocycles. The quantitative estimate of drug-likeness (QED) is 0.790. The lowest BCUT2D eigenvalue weighted by Crippen LogP contribution is -2.31.